The molecule has 0 radical (unpaired) electrons. The van der Waals surface area contributed by atoms with Crippen molar-refractivity contribution >= 4 is 17.9 Å². The highest BCUT2D eigenvalue weighted by Crippen LogP contribution is 2.25. The van der Waals surface area contributed by atoms with Crippen molar-refractivity contribution in [2.45, 2.75) is 19.3 Å². The number of hydrogen-bond acceptors (Lipinski definition) is 5. The summed E-state index contributed by atoms with van der Waals surface area (Å²) in [7, 11) is 1.56. The van der Waals surface area contributed by atoms with Crippen molar-refractivity contribution < 1.29 is 23.8 Å². The molecule has 2 aromatic carbocycles. The minimum absolute atomic E-state index is 0.131. The van der Waals surface area contributed by atoms with Gasteiger partial charge in [0, 0.05) is 18.9 Å². The Kier molecular flexibility index (Phi) is 7.93. The van der Waals surface area contributed by atoms with Crippen molar-refractivity contribution in [1.82, 2.24) is 20.4 Å². The Morgan fingerprint density at radius 2 is 1.97 bits per heavy atom. The molecular formula is C24H25FN4O4. The molecule has 1 atom stereocenters. The van der Waals surface area contributed by atoms with Crippen LogP contribution in [0.5, 0.6) is 5.75 Å². The van der Waals surface area contributed by atoms with Crippen LogP contribution >= 0.6 is 0 Å². The van der Waals surface area contributed by atoms with Crippen LogP contribution in [0.4, 0.5) is 4.39 Å². The molecule has 1 unspecified atom stereocenters. The summed E-state index contributed by atoms with van der Waals surface area (Å²) >= 11 is 0. The summed E-state index contributed by atoms with van der Waals surface area (Å²) < 4.78 is 20.4. The van der Waals surface area contributed by atoms with E-state index in [0.29, 0.717) is 11.3 Å². The molecule has 3 aromatic rings. The Morgan fingerprint density at radius 1 is 1.21 bits per heavy atom. The van der Waals surface area contributed by atoms with Crippen LogP contribution in [0.1, 0.15) is 29.2 Å². The van der Waals surface area contributed by atoms with Crippen molar-refractivity contribution in [3.8, 4) is 11.4 Å². The zero-order valence-electron chi connectivity index (χ0n) is 18.3. The Balaban J connectivity index is 1.62. The van der Waals surface area contributed by atoms with Gasteiger partial charge >= 0.3 is 0 Å². The molecule has 0 aliphatic rings. The molecule has 1 heterocycles. The molecule has 0 spiro atoms. The largest absolute Gasteiger partial charge is 0.495 e. The van der Waals surface area contributed by atoms with Gasteiger partial charge in [0.05, 0.1) is 30.7 Å². The number of amides is 2. The fraction of sp³-hybridized carbons (Fsp3) is 0.208. The summed E-state index contributed by atoms with van der Waals surface area (Å²) in [6.07, 6.45) is 6.55. The first-order valence-corrected chi connectivity index (χ1v) is 10.2. The lowest BCUT2D eigenvalue weighted by Crippen LogP contribution is -2.43. The summed E-state index contributed by atoms with van der Waals surface area (Å²) in [6.45, 7) is 1.66. The first kappa shape index (κ1) is 23.7. The van der Waals surface area contributed by atoms with Gasteiger partial charge in [-0.1, -0.05) is 18.2 Å². The van der Waals surface area contributed by atoms with Crippen LogP contribution < -0.4 is 15.6 Å². The fourth-order valence-corrected chi connectivity index (χ4v) is 3.26. The zero-order chi connectivity index (χ0) is 23.8. The highest BCUT2D eigenvalue weighted by atomic mass is 19.1. The van der Waals surface area contributed by atoms with Gasteiger partial charge in [-0.3, -0.25) is 20.4 Å². The number of aromatic nitrogens is 2. The summed E-state index contributed by atoms with van der Waals surface area (Å²) in [5.41, 5.74) is 7.60. The second-order valence-electron chi connectivity index (χ2n) is 7.28. The van der Waals surface area contributed by atoms with Gasteiger partial charge in [-0.25, -0.2) is 9.37 Å². The molecule has 2 amide bonds. The molecule has 3 rings (SSSR count). The highest BCUT2D eigenvalue weighted by Gasteiger charge is 2.20. The van der Waals surface area contributed by atoms with Crippen molar-refractivity contribution in [3.05, 3.63) is 83.7 Å². The summed E-state index contributed by atoms with van der Waals surface area (Å²) in [6, 6.07) is 10.9. The van der Waals surface area contributed by atoms with E-state index >= 15 is 0 Å². The third kappa shape index (κ3) is 6.27. The van der Waals surface area contributed by atoms with Gasteiger partial charge in [-0.2, -0.15) is 0 Å². The maximum atomic E-state index is 13.1. The third-order valence-corrected chi connectivity index (χ3v) is 4.94. The number of nitrogens with zero attached hydrogens (tertiary/aromatic N) is 2. The lowest BCUT2D eigenvalue weighted by molar-refractivity contribution is -0.128. The van der Waals surface area contributed by atoms with Gasteiger partial charge in [0.15, 0.2) is 0 Å². The molecule has 8 nitrogen and oxygen atoms in total. The zero-order valence-corrected chi connectivity index (χ0v) is 18.3. The number of aryl methyl sites for hydroxylation is 1. The fourth-order valence-electron chi connectivity index (χ4n) is 3.26. The third-order valence-electron chi connectivity index (χ3n) is 4.94. The van der Waals surface area contributed by atoms with Crippen LogP contribution in [0.3, 0.4) is 0 Å². The topological polar surface area (TPSA) is 105 Å². The van der Waals surface area contributed by atoms with Gasteiger partial charge in [0.1, 0.15) is 11.6 Å². The molecule has 9 heteroatoms. The molecule has 3 N–H and O–H groups in total. The highest BCUT2D eigenvalue weighted by molar-refractivity contribution is 5.94. The predicted molar refractivity (Wildman–Crippen MR) is 121 cm³/mol. The number of hydrogen-bond donors (Lipinski definition) is 3. The van der Waals surface area contributed by atoms with Gasteiger partial charge in [0.2, 0.25) is 5.91 Å². The second-order valence-corrected chi connectivity index (χ2v) is 7.28. The minimum Gasteiger partial charge on any atom is -0.495 e. The predicted octanol–water partition coefficient (Wildman–Crippen LogP) is 2.66. The van der Waals surface area contributed by atoms with E-state index in [1.807, 2.05) is 29.8 Å². The van der Waals surface area contributed by atoms with Crippen LogP contribution in [-0.2, 0) is 9.59 Å². The Morgan fingerprint density at radius 3 is 2.61 bits per heavy atom. The molecular weight excluding hydrogens is 427 g/mol. The summed E-state index contributed by atoms with van der Waals surface area (Å²) in [4.78, 5) is 28.9. The molecule has 0 fully saturated rings. The number of benzene rings is 2. The van der Waals surface area contributed by atoms with E-state index in [1.54, 1.807) is 25.6 Å². The first-order chi connectivity index (χ1) is 15.9. The number of halogens is 1. The van der Waals surface area contributed by atoms with E-state index in [1.165, 1.54) is 30.3 Å². The van der Waals surface area contributed by atoms with E-state index < -0.39 is 23.5 Å². The number of imidazole rings is 1. The average molecular weight is 452 g/mol. The number of carbonyl (C=O) groups is 2. The molecule has 0 saturated heterocycles. The van der Waals surface area contributed by atoms with E-state index in [2.05, 4.69) is 15.8 Å². The number of rotatable bonds is 8. The standard InChI is InChI=1S/C24H25FN4O4/c1-16-14-29(15-26-16)21-9-3-17(13-22(21)33-2)4-10-23(31)27-28-24(32)20(11-12-30)18-5-7-19(25)8-6-18/h3-10,13-15,20,30H,11-12H2,1-2H3,(H,27,31)(H,28,32)/b10-4+. The number of carbonyl (C=O) groups excluding carboxylic acids is 2. The number of methoxy groups -OCH3 is 1. The van der Waals surface area contributed by atoms with Crippen LogP contribution in [0.25, 0.3) is 11.8 Å². The molecule has 172 valence electrons. The van der Waals surface area contributed by atoms with Crippen LogP contribution in [-0.4, -0.2) is 40.2 Å². The molecule has 33 heavy (non-hydrogen) atoms. The van der Waals surface area contributed by atoms with E-state index in [9.17, 15) is 19.1 Å². The Hall–Kier alpha value is -3.98. The molecule has 0 aliphatic carbocycles. The number of aliphatic hydroxyl groups is 1. The normalized spacial score (nSPS) is 11.9. The monoisotopic (exact) mass is 452 g/mol. The van der Waals surface area contributed by atoms with Crippen molar-refractivity contribution in [2.75, 3.05) is 13.7 Å². The van der Waals surface area contributed by atoms with Crippen molar-refractivity contribution in [1.29, 1.82) is 0 Å². The van der Waals surface area contributed by atoms with Gasteiger partial charge < -0.3 is 14.4 Å². The number of nitrogens with one attached hydrogen (secondary N) is 2. The second kappa shape index (κ2) is 11.1. The Bertz CT molecular complexity index is 1140. The Labute approximate surface area is 190 Å². The lowest BCUT2D eigenvalue weighted by Gasteiger charge is -2.16. The number of aliphatic hydroxyl groups excluding tert-OH is 1. The van der Waals surface area contributed by atoms with Crippen LogP contribution in [0.15, 0.2) is 61.1 Å². The maximum absolute atomic E-state index is 13.1. The van der Waals surface area contributed by atoms with E-state index in [-0.39, 0.29) is 13.0 Å². The SMILES string of the molecule is COc1cc(/C=C/C(=O)NNC(=O)C(CCO)c2ccc(F)cc2)ccc1-n1cnc(C)c1. The van der Waals surface area contributed by atoms with Crippen molar-refractivity contribution in [3.63, 3.8) is 0 Å². The van der Waals surface area contributed by atoms with E-state index in [0.717, 1.165) is 16.9 Å². The first-order valence-electron chi connectivity index (χ1n) is 10.2. The van der Waals surface area contributed by atoms with Gasteiger partial charge in [-0.05, 0) is 54.8 Å². The number of hydrazine groups is 1. The molecule has 0 saturated carbocycles. The smallest absolute Gasteiger partial charge is 0.262 e. The van der Waals surface area contributed by atoms with Gasteiger partial charge in [0.25, 0.3) is 5.91 Å². The molecule has 1 aromatic heterocycles. The van der Waals surface area contributed by atoms with Crippen molar-refractivity contribution in [2.24, 2.45) is 0 Å². The van der Waals surface area contributed by atoms with Crippen LogP contribution in [0.2, 0.25) is 0 Å². The quantitative estimate of drug-likeness (QED) is 0.360. The van der Waals surface area contributed by atoms with E-state index in [4.69, 9.17) is 4.74 Å². The van der Waals surface area contributed by atoms with Crippen LogP contribution in [0, 0.1) is 12.7 Å². The van der Waals surface area contributed by atoms with Gasteiger partial charge in [-0.15, -0.1) is 0 Å². The summed E-state index contributed by atoms with van der Waals surface area (Å²) in [5, 5.41) is 9.26. The molecule has 0 aliphatic heterocycles. The molecule has 0 bridgehead atoms. The number of ether oxygens (including phenoxy) is 1. The lowest BCUT2D eigenvalue weighted by atomic mass is 9.95. The summed E-state index contributed by atoms with van der Waals surface area (Å²) in [5.74, 6) is -1.61. The average Bonchev–Trinajstić information content (AvgIpc) is 3.26. The maximum Gasteiger partial charge on any atom is 0.262 e. The minimum atomic E-state index is -0.733.